The summed E-state index contributed by atoms with van der Waals surface area (Å²) in [6.45, 7) is 4.15. The largest absolute Gasteiger partial charge is 0.484 e. The summed E-state index contributed by atoms with van der Waals surface area (Å²) in [6.07, 6.45) is 0. The Morgan fingerprint density at radius 1 is 1.10 bits per heavy atom. The van der Waals surface area contributed by atoms with Crippen LogP contribution in [0.15, 0.2) is 47.5 Å². The van der Waals surface area contributed by atoms with Gasteiger partial charge in [-0.25, -0.2) is 4.98 Å². The molecule has 0 aliphatic carbocycles. The summed E-state index contributed by atoms with van der Waals surface area (Å²) in [4.78, 5) is 26.5. The first-order valence-corrected chi connectivity index (χ1v) is 10.1. The number of amides is 1. The Bertz CT molecular complexity index is 1080. The maximum atomic E-state index is 12.2. The summed E-state index contributed by atoms with van der Waals surface area (Å²) < 4.78 is 10.9. The summed E-state index contributed by atoms with van der Waals surface area (Å²) in [5, 5.41) is 3.29. The molecule has 0 bridgehead atoms. The third-order valence-corrected chi connectivity index (χ3v) is 5.28. The third-order valence-electron chi connectivity index (χ3n) is 5.28. The number of aliphatic imine (C=N–C) groups is 1. The molecule has 154 valence electrons. The number of ether oxygens (including phenoxy) is 2. The smallest absolute Gasteiger partial charge is 0.260 e. The van der Waals surface area contributed by atoms with Gasteiger partial charge in [-0.2, -0.15) is 0 Å². The SMILES string of the molecule is O=C(COc1ccc(-c2nc3ccc(C4=NCCN4)cc3[nH]2)cc1)N1CCOCC1. The van der Waals surface area contributed by atoms with E-state index in [1.54, 1.807) is 4.90 Å². The summed E-state index contributed by atoms with van der Waals surface area (Å²) in [6, 6.07) is 13.7. The Morgan fingerprint density at radius 2 is 1.90 bits per heavy atom. The van der Waals surface area contributed by atoms with E-state index in [0.29, 0.717) is 32.1 Å². The zero-order valence-electron chi connectivity index (χ0n) is 16.6. The molecular formula is C22H23N5O3. The van der Waals surface area contributed by atoms with Gasteiger partial charge in [-0.3, -0.25) is 9.79 Å². The highest BCUT2D eigenvalue weighted by Crippen LogP contribution is 2.24. The first-order chi connectivity index (χ1) is 14.8. The zero-order valence-corrected chi connectivity index (χ0v) is 16.6. The first kappa shape index (κ1) is 18.6. The third kappa shape index (κ3) is 3.86. The monoisotopic (exact) mass is 405 g/mol. The lowest BCUT2D eigenvalue weighted by atomic mass is 10.2. The van der Waals surface area contributed by atoms with Crippen LogP contribution in [0.1, 0.15) is 5.56 Å². The number of hydrogen-bond donors (Lipinski definition) is 2. The Hall–Kier alpha value is -3.39. The lowest BCUT2D eigenvalue weighted by Crippen LogP contribution is -2.42. The number of nitrogens with zero attached hydrogens (tertiary/aromatic N) is 3. The van der Waals surface area contributed by atoms with Crippen molar-refractivity contribution in [2.75, 3.05) is 46.0 Å². The molecular weight excluding hydrogens is 382 g/mol. The van der Waals surface area contributed by atoms with E-state index >= 15 is 0 Å². The van der Waals surface area contributed by atoms with Gasteiger partial charge in [0.05, 0.1) is 30.8 Å². The summed E-state index contributed by atoms with van der Waals surface area (Å²) in [5.74, 6) is 2.36. The Labute approximate surface area is 173 Å². The van der Waals surface area contributed by atoms with E-state index in [-0.39, 0.29) is 12.5 Å². The van der Waals surface area contributed by atoms with Gasteiger partial charge in [0.2, 0.25) is 0 Å². The number of imidazole rings is 1. The van der Waals surface area contributed by atoms with Gasteiger partial charge >= 0.3 is 0 Å². The van der Waals surface area contributed by atoms with Crippen LogP contribution in [0.5, 0.6) is 5.75 Å². The van der Waals surface area contributed by atoms with Crippen LogP contribution in [0.2, 0.25) is 0 Å². The second-order valence-electron chi connectivity index (χ2n) is 7.28. The fraction of sp³-hybridized carbons (Fsp3) is 0.318. The van der Waals surface area contributed by atoms with Gasteiger partial charge < -0.3 is 24.7 Å². The molecule has 8 heteroatoms. The van der Waals surface area contributed by atoms with Crippen LogP contribution in [-0.4, -0.2) is 72.6 Å². The molecule has 1 amide bonds. The highest BCUT2D eigenvalue weighted by atomic mass is 16.5. The maximum Gasteiger partial charge on any atom is 0.260 e. The van der Waals surface area contributed by atoms with Crippen LogP contribution in [-0.2, 0) is 9.53 Å². The topological polar surface area (TPSA) is 91.8 Å². The van der Waals surface area contributed by atoms with Gasteiger partial charge in [0, 0.05) is 30.8 Å². The van der Waals surface area contributed by atoms with Gasteiger partial charge in [-0.1, -0.05) is 0 Å². The van der Waals surface area contributed by atoms with E-state index in [1.165, 1.54) is 0 Å². The molecule has 0 atom stereocenters. The first-order valence-electron chi connectivity index (χ1n) is 10.1. The van der Waals surface area contributed by atoms with E-state index in [9.17, 15) is 4.79 Å². The number of H-pyrrole nitrogens is 1. The molecule has 5 rings (SSSR count). The van der Waals surface area contributed by atoms with Gasteiger partial charge in [-0.15, -0.1) is 0 Å². The molecule has 0 unspecified atom stereocenters. The van der Waals surface area contributed by atoms with Crippen molar-refractivity contribution in [3.8, 4) is 17.1 Å². The second kappa shape index (κ2) is 8.16. The van der Waals surface area contributed by atoms with Gasteiger partial charge in [0.1, 0.15) is 17.4 Å². The molecule has 2 aromatic carbocycles. The summed E-state index contributed by atoms with van der Waals surface area (Å²) >= 11 is 0. The minimum Gasteiger partial charge on any atom is -0.484 e. The van der Waals surface area contributed by atoms with E-state index in [1.807, 2.05) is 36.4 Å². The van der Waals surface area contributed by atoms with Crippen molar-refractivity contribution in [2.45, 2.75) is 0 Å². The minimum absolute atomic E-state index is 0.0168. The summed E-state index contributed by atoms with van der Waals surface area (Å²) in [7, 11) is 0. The standard InChI is InChI=1S/C22H23N5O3/c28-20(27-9-11-29-12-10-27)14-30-17-4-1-15(2-5-17)22-25-18-6-3-16(13-19(18)26-22)21-23-7-8-24-21/h1-6,13H,7-12,14H2,(H,23,24)(H,25,26). The molecule has 1 fully saturated rings. The van der Waals surface area contributed by atoms with Crippen LogP contribution in [0.25, 0.3) is 22.4 Å². The fourth-order valence-corrected chi connectivity index (χ4v) is 3.64. The summed E-state index contributed by atoms with van der Waals surface area (Å²) in [5.41, 5.74) is 3.89. The zero-order chi connectivity index (χ0) is 20.3. The Morgan fingerprint density at radius 3 is 2.67 bits per heavy atom. The van der Waals surface area contributed by atoms with Crippen LogP contribution in [0.3, 0.4) is 0 Å². The van der Waals surface area contributed by atoms with Crippen LogP contribution < -0.4 is 10.1 Å². The highest BCUT2D eigenvalue weighted by Gasteiger charge is 2.17. The molecule has 3 aromatic rings. The van der Waals surface area contributed by atoms with Crippen LogP contribution in [0.4, 0.5) is 0 Å². The molecule has 2 N–H and O–H groups in total. The second-order valence-corrected chi connectivity index (χ2v) is 7.28. The van der Waals surface area contributed by atoms with Crippen molar-refractivity contribution in [1.82, 2.24) is 20.2 Å². The van der Waals surface area contributed by atoms with Crippen molar-refractivity contribution < 1.29 is 14.3 Å². The lowest BCUT2D eigenvalue weighted by Gasteiger charge is -2.26. The molecule has 0 saturated carbocycles. The number of carbonyl (C=O) groups excluding carboxylic acids is 1. The van der Waals surface area contributed by atoms with Crippen molar-refractivity contribution >= 4 is 22.8 Å². The number of carbonyl (C=O) groups is 1. The number of aromatic amines is 1. The normalized spacial score (nSPS) is 16.4. The quantitative estimate of drug-likeness (QED) is 0.676. The molecule has 2 aliphatic rings. The van der Waals surface area contributed by atoms with Crippen LogP contribution in [0, 0.1) is 0 Å². The number of fused-ring (bicyclic) bond motifs is 1. The predicted octanol–water partition coefficient (Wildman–Crippen LogP) is 1.82. The minimum atomic E-state index is -0.0168. The van der Waals surface area contributed by atoms with E-state index in [0.717, 1.165) is 46.9 Å². The van der Waals surface area contributed by atoms with Crippen molar-refractivity contribution in [3.63, 3.8) is 0 Å². The van der Waals surface area contributed by atoms with Crippen molar-refractivity contribution in [3.05, 3.63) is 48.0 Å². The van der Waals surface area contributed by atoms with Gasteiger partial charge in [-0.05, 0) is 42.5 Å². The predicted molar refractivity (Wildman–Crippen MR) is 114 cm³/mol. The maximum absolute atomic E-state index is 12.2. The highest BCUT2D eigenvalue weighted by molar-refractivity contribution is 6.02. The molecule has 1 aromatic heterocycles. The molecule has 8 nitrogen and oxygen atoms in total. The molecule has 3 heterocycles. The van der Waals surface area contributed by atoms with E-state index < -0.39 is 0 Å². The van der Waals surface area contributed by atoms with E-state index in [4.69, 9.17) is 9.47 Å². The average Bonchev–Trinajstić information content (AvgIpc) is 3.48. The molecule has 1 saturated heterocycles. The van der Waals surface area contributed by atoms with Crippen molar-refractivity contribution in [1.29, 1.82) is 0 Å². The molecule has 2 aliphatic heterocycles. The van der Waals surface area contributed by atoms with Crippen molar-refractivity contribution in [2.24, 2.45) is 4.99 Å². The van der Waals surface area contributed by atoms with Crippen LogP contribution >= 0.6 is 0 Å². The Balaban J connectivity index is 1.26. The van der Waals surface area contributed by atoms with Gasteiger partial charge in [0.15, 0.2) is 6.61 Å². The fourth-order valence-electron chi connectivity index (χ4n) is 3.64. The number of amidine groups is 1. The molecule has 30 heavy (non-hydrogen) atoms. The number of rotatable bonds is 5. The molecule has 0 radical (unpaired) electrons. The Kier molecular flexibility index (Phi) is 5.06. The number of nitrogens with one attached hydrogen (secondary N) is 2. The van der Waals surface area contributed by atoms with E-state index in [2.05, 4.69) is 26.3 Å². The lowest BCUT2D eigenvalue weighted by molar-refractivity contribution is -0.137. The molecule has 0 spiro atoms. The number of morpholine rings is 1. The average molecular weight is 405 g/mol. The number of benzene rings is 2. The number of aromatic nitrogens is 2. The number of hydrogen-bond acceptors (Lipinski definition) is 6. The van der Waals surface area contributed by atoms with Gasteiger partial charge in [0.25, 0.3) is 5.91 Å².